The lowest BCUT2D eigenvalue weighted by Gasteiger charge is -2.49. The molecule has 2 aliphatic rings. The number of H-pyrrole nitrogens is 1. The topological polar surface area (TPSA) is 70.1 Å². The summed E-state index contributed by atoms with van der Waals surface area (Å²) in [6.45, 7) is 6.87. The number of amides is 1. The summed E-state index contributed by atoms with van der Waals surface area (Å²) in [6.07, 6.45) is 5.57. The van der Waals surface area contributed by atoms with Gasteiger partial charge in [-0.3, -0.25) is 14.4 Å². The Labute approximate surface area is 160 Å². The van der Waals surface area contributed by atoms with E-state index < -0.39 is 0 Å². The molecule has 7 heteroatoms. The summed E-state index contributed by atoms with van der Waals surface area (Å²) in [7, 11) is 4.06. The molecular weight excluding hydrogens is 340 g/mol. The maximum atomic E-state index is 13.1. The molecule has 0 aromatic carbocycles. The van der Waals surface area contributed by atoms with E-state index in [1.165, 1.54) is 11.4 Å². The minimum absolute atomic E-state index is 0.0420. The molecule has 1 amide bonds. The number of imidazole rings is 1. The highest BCUT2D eigenvalue weighted by atomic mass is 16.2. The molecule has 1 N–H and O–H groups in total. The molecule has 0 bridgehead atoms. The van der Waals surface area contributed by atoms with Crippen molar-refractivity contribution >= 4 is 5.91 Å². The number of nitrogens with zero attached hydrogens (tertiary/aromatic N) is 5. The third kappa shape index (κ3) is 3.08. The zero-order valence-electron chi connectivity index (χ0n) is 16.8. The molecule has 0 unspecified atom stereocenters. The highest BCUT2D eigenvalue weighted by Crippen LogP contribution is 2.41. The average molecular weight is 371 g/mol. The van der Waals surface area contributed by atoms with Crippen LogP contribution in [-0.2, 0) is 25.4 Å². The maximum Gasteiger partial charge on any atom is 0.272 e. The second-order valence-electron chi connectivity index (χ2n) is 8.47. The Morgan fingerprint density at radius 3 is 2.70 bits per heavy atom. The van der Waals surface area contributed by atoms with Gasteiger partial charge in [0.25, 0.3) is 5.91 Å². The van der Waals surface area contributed by atoms with Crippen molar-refractivity contribution in [2.45, 2.75) is 45.1 Å². The van der Waals surface area contributed by atoms with Crippen LogP contribution in [0.15, 0.2) is 12.4 Å². The van der Waals surface area contributed by atoms with Crippen molar-refractivity contribution in [3.8, 4) is 0 Å². The number of likely N-dealkylation sites (tertiary alicyclic amines) is 1. The molecule has 7 nitrogen and oxygen atoms in total. The number of likely N-dealkylation sites (N-methyl/N-ethyl adjacent to an activating group) is 1. The Morgan fingerprint density at radius 2 is 2.00 bits per heavy atom. The van der Waals surface area contributed by atoms with Gasteiger partial charge in [0.2, 0.25) is 0 Å². The van der Waals surface area contributed by atoms with E-state index in [9.17, 15) is 4.79 Å². The van der Waals surface area contributed by atoms with Gasteiger partial charge in [-0.2, -0.15) is 5.10 Å². The first-order chi connectivity index (χ1) is 12.9. The zero-order chi connectivity index (χ0) is 19.2. The normalized spacial score (nSPS) is 19.7. The lowest BCUT2D eigenvalue weighted by Crippen LogP contribution is -2.55. The van der Waals surface area contributed by atoms with Gasteiger partial charge in [-0.05, 0) is 38.3 Å². The lowest BCUT2D eigenvalue weighted by atomic mass is 9.79. The minimum atomic E-state index is -0.0420. The van der Waals surface area contributed by atoms with Crippen LogP contribution >= 0.6 is 0 Å². The summed E-state index contributed by atoms with van der Waals surface area (Å²) in [5.74, 6) is 0.623. The number of aromatic nitrogens is 4. The number of aromatic amines is 1. The molecule has 4 heterocycles. The fraction of sp³-hybridized carbons (Fsp3) is 0.650. The second-order valence-corrected chi connectivity index (χ2v) is 8.47. The zero-order valence-corrected chi connectivity index (χ0v) is 16.8. The SMILES string of the molecule is CC(C)Cc1cc(C(=O)N2CCC3(CC2)c2nc[nH]c2CCN3C)n(C)n1. The molecular formula is C20H30N6O. The van der Waals surface area contributed by atoms with Gasteiger partial charge in [-0.25, -0.2) is 4.98 Å². The molecule has 27 heavy (non-hydrogen) atoms. The molecule has 146 valence electrons. The number of hydrogen-bond donors (Lipinski definition) is 1. The number of nitrogens with one attached hydrogen (secondary N) is 1. The van der Waals surface area contributed by atoms with Crippen LogP contribution in [0.4, 0.5) is 0 Å². The van der Waals surface area contributed by atoms with E-state index in [1.54, 1.807) is 4.68 Å². The van der Waals surface area contributed by atoms with Crippen LogP contribution in [0.3, 0.4) is 0 Å². The van der Waals surface area contributed by atoms with Crippen LogP contribution in [0.1, 0.15) is 54.3 Å². The van der Waals surface area contributed by atoms with E-state index in [0.29, 0.717) is 11.6 Å². The molecule has 2 aliphatic heterocycles. The number of fused-ring (bicyclic) bond motifs is 2. The van der Waals surface area contributed by atoms with Gasteiger partial charge >= 0.3 is 0 Å². The van der Waals surface area contributed by atoms with E-state index in [1.807, 2.05) is 24.3 Å². The molecule has 1 spiro atoms. The number of carbonyl (C=O) groups excluding carboxylic acids is 1. The van der Waals surface area contributed by atoms with E-state index >= 15 is 0 Å². The summed E-state index contributed by atoms with van der Waals surface area (Å²) in [4.78, 5) is 25.5. The molecule has 1 fully saturated rings. The summed E-state index contributed by atoms with van der Waals surface area (Å²) in [5.41, 5.74) is 4.09. The first kappa shape index (κ1) is 18.2. The maximum absolute atomic E-state index is 13.1. The highest BCUT2D eigenvalue weighted by molar-refractivity contribution is 5.92. The average Bonchev–Trinajstić information content (AvgIpc) is 3.25. The summed E-state index contributed by atoms with van der Waals surface area (Å²) < 4.78 is 1.74. The molecule has 0 atom stereocenters. The summed E-state index contributed by atoms with van der Waals surface area (Å²) in [5, 5.41) is 4.53. The van der Waals surface area contributed by atoms with Crippen LogP contribution in [-0.4, -0.2) is 62.1 Å². The van der Waals surface area contributed by atoms with Crippen molar-refractivity contribution in [2.75, 3.05) is 26.7 Å². The van der Waals surface area contributed by atoms with Gasteiger partial charge in [0, 0.05) is 38.8 Å². The first-order valence-electron chi connectivity index (χ1n) is 9.97. The van der Waals surface area contributed by atoms with Crippen molar-refractivity contribution in [1.82, 2.24) is 29.5 Å². The van der Waals surface area contributed by atoms with Crippen LogP contribution in [0, 0.1) is 5.92 Å². The Hall–Kier alpha value is -2.15. The first-order valence-corrected chi connectivity index (χ1v) is 9.97. The van der Waals surface area contributed by atoms with Crippen molar-refractivity contribution < 1.29 is 4.79 Å². The Balaban J connectivity index is 1.50. The summed E-state index contributed by atoms with van der Waals surface area (Å²) in [6, 6.07) is 1.96. The van der Waals surface area contributed by atoms with E-state index in [0.717, 1.165) is 51.0 Å². The minimum Gasteiger partial charge on any atom is -0.348 e. The Kier molecular flexibility index (Phi) is 4.58. The monoisotopic (exact) mass is 370 g/mol. The molecule has 0 saturated carbocycles. The van der Waals surface area contributed by atoms with Crippen LogP contribution < -0.4 is 0 Å². The van der Waals surface area contributed by atoms with Gasteiger partial charge in [0.05, 0.1) is 23.3 Å². The third-order valence-corrected chi connectivity index (χ3v) is 6.23. The Bertz CT molecular complexity index is 827. The smallest absolute Gasteiger partial charge is 0.272 e. The van der Waals surface area contributed by atoms with E-state index in [4.69, 9.17) is 0 Å². The fourth-order valence-electron chi connectivity index (χ4n) is 4.69. The molecule has 0 aliphatic carbocycles. The Morgan fingerprint density at radius 1 is 1.26 bits per heavy atom. The van der Waals surface area contributed by atoms with Crippen molar-refractivity contribution in [2.24, 2.45) is 13.0 Å². The largest absolute Gasteiger partial charge is 0.348 e. The number of hydrogen-bond acceptors (Lipinski definition) is 4. The van der Waals surface area contributed by atoms with Crippen LogP contribution in [0.25, 0.3) is 0 Å². The van der Waals surface area contributed by atoms with Crippen molar-refractivity contribution in [3.63, 3.8) is 0 Å². The fourth-order valence-corrected chi connectivity index (χ4v) is 4.69. The number of rotatable bonds is 3. The number of aryl methyl sites for hydroxylation is 1. The van der Waals surface area contributed by atoms with E-state index in [-0.39, 0.29) is 11.4 Å². The summed E-state index contributed by atoms with van der Waals surface area (Å²) >= 11 is 0. The van der Waals surface area contributed by atoms with Gasteiger partial charge in [0.15, 0.2) is 0 Å². The molecule has 1 saturated heterocycles. The van der Waals surface area contributed by atoms with Gasteiger partial charge < -0.3 is 9.88 Å². The molecule has 0 radical (unpaired) electrons. The third-order valence-electron chi connectivity index (χ3n) is 6.23. The molecule has 4 rings (SSSR count). The van der Waals surface area contributed by atoms with Crippen LogP contribution in [0.5, 0.6) is 0 Å². The number of carbonyl (C=O) groups is 1. The van der Waals surface area contributed by atoms with Crippen molar-refractivity contribution in [1.29, 1.82) is 0 Å². The standard InChI is InChI=1S/C20H30N6O/c1-14(2)11-15-12-17(25(4)23-15)19(27)26-9-6-20(7-10-26)18-16(21-13-22-18)5-8-24(20)3/h12-14H,5-11H2,1-4H3,(H,21,22). The van der Waals surface area contributed by atoms with Gasteiger partial charge in [0.1, 0.15) is 5.69 Å². The van der Waals surface area contributed by atoms with E-state index in [2.05, 4.69) is 40.9 Å². The van der Waals surface area contributed by atoms with Gasteiger partial charge in [-0.15, -0.1) is 0 Å². The number of piperidine rings is 1. The molecule has 2 aromatic heterocycles. The van der Waals surface area contributed by atoms with Gasteiger partial charge in [-0.1, -0.05) is 13.8 Å². The predicted octanol–water partition coefficient (Wildman–Crippen LogP) is 1.96. The highest BCUT2D eigenvalue weighted by Gasteiger charge is 2.45. The quantitative estimate of drug-likeness (QED) is 0.897. The second kappa shape index (κ2) is 6.78. The molecule has 2 aromatic rings. The van der Waals surface area contributed by atoms with Crippen molar-refractivity contribution in [3.05, 3.63) is 35.2 Å². The lowest BCUT2D eigenvalue weighted by molar-refractivity contribution is 0.0221. The predicted molar refractivity (Wildman–Crippen MR) is 103 cm³/mol. The van der Waals surface area contributed by atoms with Crippen LogP contribution in [0.2, 0.25) is 0 Å².